The van der Waals surface area contributed by atoms with Crippen LogP contribution in [-0.4, -0.2) is 24.9 Å². The van der Waals surface area contributed by atoms with Gasteiger partial charge in [-0.05, 0) is 24.0 Å². The van der Waals surface area contributed by atoms with Crippen molar-refractivity contribution in [1.82, 2.24) is 0 Å². The zero-order valence-electron chi connectivity index (χ0n) is 11.9. The van der Waals surface area contributed by atoms with Gasteiger partial charge in [-0.3, -0.25) is 0 Å². The van der Waals surface area contributed by atoms with Gasteiger partial charge >= 0.3 is 0 Å². The molecule has 2 N–H and O–H groups in total. The third kappa shape index (κ3) is 2.83. The standard InChI is InChI=1S/C15H24N2S/c1-11(16)10-17-8-9-18-13-7-5-6-12(14(13)17)15(2,3)4/h5-7,11H,8-10,16H2,1-4H3. The van der Waals surface area contributed by atoms with Crippen LogP contribution in [0.4, 0.5) is 5.69 Å². The van der Waals surface area contributed by atoms with Crippen LogP contribution in [0, 0.1) is 0 Å². The smallest absolute Gasteiger partial charge is 0.0543 e. The molecule has 0 saturated heterocycles. The molecule has 0 bridgehead atoms. The van der Waals surface area contributed by atoms with Gasteiger partial charge in [0, 0.05) is 29.8 Å². The quantitative estimate of drug-likeness (QED) is 0.889. The minimum Gasteiger partial charge on any atom is -0.368 e. The number of benzene rings is 1. The van der Waals surface area contributed by atoms with Crippen molar-refractivity contribution in [3.05, 3.63) is 23.8 Å². The lowest BCUT2D eigenvalue weighted by Gasteiger charge is -2.37. The van der Waals surface area contributed by atoms with E-state index in [1.165, 1.54) is 16.1 Å². The van der Waals surface area contributed by atoms with E-state index in [4.69, 9.17) is 5.73 Å². The van der Waals surface area contributed by atoms with Crippen molar-refractivity contribution in [2.24, 2.45) is 5.73 Å². The molecule has 0 saturated carbocycles. The van der Waals surface area contributed by atoms with E-state index >= 15 is 0 Å². The summed E-state index contributed by atoms with van der Waals surface area (Å²) in [7, 11) is 0. The molecule has 3 heteroatoms. The lowest BCUT2D eigenvalue weighted by molar-refractivity contribution is 0.580. The van der Waals surface area contributed by atoms with Crippen molar-refractivity contribution < 1.29 is 0 Å². The maximum Gasteiger partial charge on any atom is 0.0543 e. The second-order valence-corrected chi connectivity index (χ2v) is 7.31. The summed E-state index contributed by atoms with van der Waals surface area (Å²) in [5.74, 6) is 1.16. The van der Waals surface area contributed by atoms with Gasteiger partial charge in [-0.1, -0.05) is 32.9 Å². The zero-order chi connectivity index (χ0) is 13.3. The number of nitrogens with zero attached hydrogens (tertiary/aromatic N) is 1. The van der Waals surface area contributed by atoms with Gasteiger partial charge in [-0.25, -0.2) is 0 Å². The van der Waals surface area contributed by atoms with E-state index in [-0.39, 0.29) is 11.5 Å². The molecule has 1 atom stereocenters. The van der Waals surface area contributed by atoms with E-state index < -0.39 is 0 Å². The summed E-state index contributed by atoms with van der Waals surface area (Å²) in [6.07, 6.45) is 0. The molecule has 0 aromatic heterocycles. The maximum absolute atomic E-state index is 5.99. The first-order valence-corrected chi connectivity index (χ1v) is 7.65. The lowest BCUT2D eigenvalue weighted by Crippen LogP contribution is -2.40. The normalized spacial score (nSPS) is 17.5. The summed E-state index contributed by atoms with van der Waals surface area (Å²) in [6, 6.07) is 6.90. The van der Waals surface area contributed by atoms with Crippen LogP contribution in [0.1, 0.15) is 33.3 Å². The van der Waals surface area contributed by atoms with Crippen molar-refractivity contribution >= 4 is 17.4 Å². The van der Waals surface area contributed by atoms with Crippen LogP contribution < -0.4 is 10.6 Å². The Kier molecular flexibility index (Phi) is 3.93. The summed E-state index contributed by atoms with van der Waals surface area (Å²) in [4.78, 5) is 3.88. The molecule has 1 aliphatic heterocycles. The fourth-order valence-electron chi connectivity index (χ4n) is 2.48. The van der Waals surface area contributed by atoms with Crippen molar-refractivity contribution in [1.29, 1.82) is 0 Å². The van der Waals surface area contributed by atoms with E-state index in [2.05, 4.69) is 50.8 Å². The number of anilines is 1. The van der Waals surface area contributed by atoms with E-state index in [0.29, 0.717) is 0 Å². The summed E-state index contributed by atoms with van der Waals surface area (Å²) in [5, 5.41) is 0. The van der Waals surface area contributed by atoms with Crippen LogP contribution in [0.25, 0.3) is 0 Å². The van der Waals surface area contributed by atoms with E-state index in [0.717, 1.165) is 18.8 Å². The van der Waals surface area contributed by atoms with Crippen LogP contribution in [0.3, 0.4) is 0 Å². The molecule has 1 aromatic rings. The number of fused-ring (bicyclic) bond motifs is 1. The summed E-state index contributed by atoms with van der Waals surface area (Å²) < 4.78 is 0. The van der Waals surface area contributed by atoms with Gasteiger partial charge in [0.05, 0.1) is 5.69 Å². The molecule has 1 heterocycles. The molecule has 1 unspecified atom stereocenters. The molecular formula is C15H24N2S. The Morgan fingerprint density at radius 3 is 2.72 bits per heavy atom. The molecule has 100 valence electrons. The number of rotatable bonds is 2. The highest BCUT2D eigenvalue weighted by molar-refractivity contribution is 7.99. The summed E-state index contributed by atoms with van der Waals surface area (Å²) in [5.41, 5.74) is 9.02. The van der Waals surface area contributed by atoms with Gasteiger partial charge in [0.1, 0.15) is 0 Å². The molecule has 2 rings (SSSR count). The Morgan fingerprint density at radius 2 is 2.11 bits per heavy atom. The first-order chi connectivity index (χ1) is 8.39. The number of thioether (sulfide) groups is 1. The van der Waals surface area contributed by atoms with Gasteiger partial charge in [0.25, 0.3) is 0 Å². The number of hydrogen-bond donors (Lipinski definition) is 1. The first kappa shape index (κ1) is 13.8. The topological polar surface area (TPSA) is 29.3 Å². The molecule has 1 aromatic carbocycles. The second kappa shape index (κ2) is 5.14. The molecule has 1 aliphatic rings. The second-order valence-electron chi connectivity index (χ2n) is 6.17. The van der Waals surface area contributed by atoms with Gasteiger partial charge in [-0.15, -0.1) is 11.8 Å². The van der Waals surface area contributed by atoms with E-state index in [9.17, 15) is 0 Å². The molecule has 0 spiro atoms. The highest BCUT2D eigenvalue weighted by Crippen LogP contribution is 2.41. The maximum atomic E-state index is 5.99. The monoisotopic (exact) mass is 264 g/mol. The average Bonchev–Trinajstić information content (AvgIpc) is 2.26. The summed E-state index contributed by atoms with van der Waals surface area (Å²) in [6.45, 7) is 11.0. The SMILES string of the molecule is CC(N)CN1CCSc2cccc(C(C)(C)C)c21. The predicted molar refractivity (Wildman–Crippen MR) is 81.7 cm³/mol. The highest BCUT2D eigenvalue weighted by atomic mass is 32.2. The Labute approximate surface area is 115 Å². The predicted octanol–water partition coefficient (Wildman–Crippen LogP) is 3.24. The van der Waals surface area contributed by atoms with Crippen LogP contribution in [0.2, 0.25) is 0 Å². The fraction of sp³-hybridized carbons (Fsp3) is 0.600. The Balaban J connectivity index is 2.46. The van der Waals surface area contributed by atoms with Crippen LogP contribution >= 0.6 is 11.8 Å². The molecular weight excluding hydrogens is 240 g/mol. The van der Waals surface area contributed by atoms with Gasteiger partial charge < -0.3 is 10.6 Å². The molecule has 0 fully saturated rings. The van der Waals surface area contributed by atoms with Crippen LogP contribution in [0.15, 0.2) is 23.1 Å². The number of nitrogens with two attached hydrogens (primary N) is 1. The third-order valence-corrected chi connectivity index (χ3v) is 4.28. The minimum atomic E-state index is 0.180. The molecule has 0 radical (unpaired) electrons. The lowest BCUT2D eigenvalue weighted by atomic mass is 9.85. The third-order valence-electron chi connectivity index (χ3n) is 3.25. The zero-order valence-corrected chi connectivity index (χ0v) is 12.7. The van der Waals surface area contributed by atoms with Crippen molar-refractivity contribution in [3.63, 3.8) is 0 Å². The Bertz CT molecular complexity index is 421. The minimum absolute atomic E-state index is 0.180. The van der Waals surface area contributed by atoms with Crippen LogP contribution in [-0.2, 0) is 5.41 Å². The average molecular weight is 264 g/mol. The highest BCUT2D eigenvalue weighted by Gasteiger charge is 2.26. The molecule has 18 heavy (non-hydrogen) atoms. The fourth-order valence-corrected chi connectivity index (χ4v) is 3.56. The largest absolute Gasteiger partial charge is 0.368 e. The van der Waals surface area contributed by atoms with E-state index in [1.807, 2.05) is 11.8 Å². The first-order valence-electron chi connectivity index (χ1n) is 6.66. The molecule has 0 amide bonds. The van der Waals surface area contributed by atoms with Crippen LogP contribution in [0.5, 0.6) is 0 Å². The van der Waals surface area contributed by atoms with Crippen molar-refractivity contribution in [2.45, 2.75) is 44.0 Å². The number of para-hydroxylation sites is 1. The van der Waals surface area contributed by atoms with Crippen molar-refractivity contribution in [2.75, 3.05) is 23.7 Å². The van der Waals surface area contributed by atoms with Gasteiger partial charge in [-0.2, -0.15) is 0 Å². The molecule has 2 nitrogen and oxygen atoms in total. The Hall–Kier alpha value is -0.670. The van der Waals surface area contributed by atoms with Gasteiger partial charge in [0.2, 0.25) is 0 Å². The van der Waals surface area contributed by atoms with Crippen molar-refractivity contribution in [3.8, 4) is 0 Å². The summed E-state index contributed by atoms with van der Waals surface area (Å²) >= 11 is 1.97. The Morgan fingerprint density at radius 1 is 1.39 bits per heavy atom. The van der Waals surface area contributed by atoms with E-state index in [1.54, 1.807) is 0 Å². The van der Waals surface area contributed by atoms with Gasteiger partial charge in [0.15, 0.2) is 0 Å². The number of hydrogen-bond acceptors (Lipinski definition) is 3. The molecule has 0 aliphatic carbocycles.